The number of aliphatic carboxylic acids is 1. The van der Waals surface area contributed by atoms with E-state index in [4.69, 9.17) is 9.72 Å². The molecule has 0 bridgehead atoms. The van der Waals surface area contributed by atoms with Crippen molar-refractivity contribution < 1.29 is 18.8 Å². The molecule has 0 saturated carbocycles. The average Bonchev–Trinajstić information content (AvgIpc) is 3.40. The molecule has 2 fully saturated rings. The number of carboxylic acid groups (broad SMARTS) is 1. The number of anilines is 1. The number of carbonyl (C=O) groups is 1. The highest BCUT2D eigenvalue weighted by atomic mass is 32.2. The standard InChI is InChI=1S/C29H35N3O4S2/c1-20-15-22(17-31-11-13-38(35)14-12-31)7-8-23(20)18-36-27-6-4-3-5-25(27)26-19-37-29(30-26)32-10-9-24(28(33)34)21(2)16-32/h3-8,15,19,21,24H,9-14,16-18H2,1-2H3,(H,33,34). The summed E-state index contributed by atoms with van der Waals surface area (Å²) in [5, 5.41) is 12.4. The minimum atomic E-state index is -0.700. The number of carboxylic acids is 1. The summed E-state index contributed by atoms with van der Waals surface area (Å²) in [6.07, 6.45) is 0.641. The summed E-state index contributed by atoms with van der Waals surface area (Å²) in [4.78, 5) is 21.0. The number of piperidine rings is 1. The Labute approximate surface area is 230 Å². The van der Waals surface area contributed by atoms with Crippen molar-refractivity contribution >= 4 is 33.2 Å². The van der Waals surface area contributed by atoms with E-state index in [1.807, 2.05) is 31.2 Å². The number of hydrogen-bond acceptors (Lipinski definition) is 7. The summed E-state index contributed by atoms with van der Waals surface area (Å²) >= 11 is 1.59. The van der Waals surface area contributed by atoms with Crippen molar-refractivity contribution in [3.05, 3.63) is 64.5 Å². The fourth-order valence-corrected chi connectivity index (χ4v) is 7.28. The van der Waals surface area contributed by atoms with Crippen LogP contribution in [0.2, 0.25) is 0 Å². The number of thiazole rings is 1. The van der Waals surface area contributed by atoms with E-state index >= 15 is 0 Å². The van der Waals surface area contributed by atoms with Crippen LogP contribution in [0.1, 0.15) is 30.0 Å². The highest BCUT2D eigenvalue weighted by Gasteiger charge is 2.32. The summed E-state index contributed by atoms with van der Waals surface area (Å²) < 4.78 is 17.9. The number of para-hydroxylation sites is 1. The molecule has 3 aromatic rings. The molecular weight excluding hydrogens is 518 g/mol. The van der Waals surface area contributed by atoms with Crippen LogP contribution in [-0.4, -0.2) is 62.9 Å². The van der Waals surface area contributed by atoms with Gasteiger partial charge in [0.25, 0.3) is 0 Å². The molecule has 0 amide bonds. The van der Waals surface area contributed by atoms with Crippen molar-refractivity contribution in [1.82, 2.24) is 9.88 Å². The van der Waals surface area contributed by atoms with Crippen LogP contribution in [0.4, 0.5) is 5.13 Å². The molecule has 5 rings (SSSR count). The SMILES string of the molecule is Cc1cc(CN2CCS(=O)CC2)ccc1COc1ccccc1-c1csc(N2CCC(C(=O)O)C(C)C2)n1. The maximum absolute atomic E-state index is 11.6. The summed E-state index contributed by atoms with van der Waals surface area (Å²) in [5.74, 6) is 1.44. The summed E-state index contributed by atoms with van der Waals surface area (Å²) in [7, 11) is -0.652. The van der Waals surface area contributed by atoms with Crippen molar-refractivity contribution in [3.63, 3.8) is 0 Å². The second-order valence-electron chi connectivity index (χ2n) is 10.3. The van der Waals surface area contributed by atoms with E-state index in [1.54, 1.807) is 11.3 Å². The second kappa shape index (κ2) is 12.0. The zero-order valence-electron chi connectivity index (χ0n) is 22.0. The number of benzene rings is 2. The lowest BCUT2D eigenvalue weighted by atomic mass is 9.87. The van der Waals surface area contributed by atoms with Gasteiger partial charge in [0.15, 0.2) is 5.13 Å². The Kier molecular flexibility index (Phi) is 8.45. The smallest absolute Gasteiger partial charge is 0.306 e. The van der Waals surface area contributed by atoms with Crippen LogP contribution in [-0.2, 0) is 28.7 Å². The van der Waals surface area contributed by atoms with Crippen molar-refractivity contribution in [2.24, 2.45) is 11.8 Å². The molecule has 0 aliphatic carbocycles. The van der Waals surface area contributed by atoms with Crippen LogP contribution in [0.5, 0.6) is 5.75 Å². The number of hydrogen-bond donors (Lipinski definition) is 1. The maximum Gasteiger partial charge on any atom is 0.306 e. The van der Waals surface area contributed by atoms with Gasteiger partial charge in [-0.05, 0) is 48.1 Å². The number of aromatic nitrogens is 1. The first kappa shape index (κ1) is 26.8. The molecule has 1 N–H and O–H groups in total. The number of aryl methyl sites for hydroxylation is 1. The van der Waals surface area contributed by atoms with Crippen LogP contribution in [0.25, 0.3) is 11.3 Å². The molecule has 2 atom stereocenters. The quantitative estimate of drug-likeness (QED) is 0.429. The summed E-state index contributed by atoms with van der Waals surface area (Å²) in [5.41, 5.74) is 5.47. The maximum atomic E-state index is 11.6. The van der Waals surface area contributed by atoms with Gasteiger partial charge in [-0.3, -0.25) is 13.9 Å². The zero-order valence-corrected chi connectivity index (χ0v) is 23.6. The van der Waals surface area contributed by atoms with Gasteiger partial charge >= 0.3 is 5.97 Å². The normalized spacial score (nSPS) is 20.9. The molecule has 2 saturated heterocycles. The van der Waals surface area contributed by atoms with Gasteiger partial charge in [0.05, 0.1) is 11.6 Å². The molecule has 9 heteroatoms. The van der Waals surface area contributed by atoms with E-state index in [1.165, 1.54) is 11.1 Å². The Morgan fingerprint density at radius 1 is 1.18 bits per heavy atom. The number of nitrogens with zero attached hydrogens (tertiary/aromatic N) is 3. The van der Waals surface area contributed by atoms with Crippen molar-refractivity contribution in [1.29, 1.82) is 0 Å². The lowest BCUT2D eigenvalue weighted by Crippen LogP contribution is -2.42. The lowest BCUT2D eigenvalue weighted by Gasteiger charge is -2.34. The third-order valence-corrected chi connectivity index (χ3v) is 9.79. The Balaban J connectivity index is 1.23. The van der Waals surface area contributed by atoms with E-state index in [0.29, 0.717) is 26.1 Å². The third-order valence-electron chi connectivity index (χ3n) is 7.61. The van der Waals surface area contributed by atoms with Gasteiger partial charge in [0.2, 0.25) is 0 Å². The van der Waals surface area contributed by atoms with E-state index in [0.717, 1.165) is 58.8 Å². The molecule has 2 aromatic carbocycles. The lowest BCUT2D eigenvalue weighted by molar-refractivity contribution is -0.144. The number of ether oxygens (including phenoxy) is 1. The Hall–Kier alpha value is -2.75. The molecule has 3 heterocycles. The van der Waals surface area contributed by atoms with Gasteiger partial charge in [-0.1, -0.05) is 37.3 Å². The fourth-order valence-electron chi connectivity index (χ4n) is 5.29. The second-order valence-corrected chi connectivity index (χ2v) is 12.9. The minimum Gasteiger partial charge on any atom is -0.488 e. The van der Waals surface area contributed by atoms with Crippen LogP contribution < -0.4 is 9.64 Å². The topological polar surface area (TPSA) is 83.0 Å². The van der Waals surface area contributed by atoms with Crippen LogP contribution in [0.15, 0.2) is 47.8 Å². The van der Waals surface area contributed by atoms with Gasteiger partial charge in [0, 0.05) is 66.0 Å². The highest BCUT2D eigenvalue weighted by molar-refractivity contribution is 7.85. The number of rotatable bonds is 8. The Morgan fingerprint density at radius 3 is 2.71 bits per heavy atom. The fraction of sp³-hybridized carbons (Fsp3) is 0.448. The van der Waals surface area contributed by atoms with E-state index in [9.17, 15) is 14.1 Å². The molecule has 202 valence electrons. The Morgan fingerprint density at radius 2 is 1.97 bits per heavy atom. The molecule has 2 aliphatic heterocycles. The highest BCUT2D eigenvalue weighted by Crippen LogP contribution is 2.36. The molecule has 1 aromatic heterocycles. The molecule has 38 heavy (non-hydrogen) atoms. The molecular formula is C29H35N3O4S2. The first-order valence-electron chi connectivity index (χ1n) is 13.2. The first-order valence-corrected chi connectivity index (χ1v) is 15.6. The van der Waals surface area contributed by atoms with Crippen LogP contribution >= 0.6 is 11.3 Å². The van der Waals surface area contributed by atoms with Gasteiger partial charge in [-0.25, -0.2) is 4.98 Å². The van der Waals surface area contributed by atoms with E-state index in [2.05, 4.69) is 40.3 Å². The summed E-state index contributed by atoms with van der Waals surface area (Å²) in [6, 6.07) is 14.6. The summed E-state index contributed by atoms with van der Waals surface area (Å²) in [6.45, 7) is 8.70. The van der Waals surface area contributed by atoms with E-state index < -0.39 is 16.8 Å². The zero-order chi connectivity index (χ0) is 26.6. The third kappa shape index (κ3) is 6.27. The molecule has 7 nitrogen and oxygen atoms in total. The monoisotopic (exact) mass is 553 g/mol. The van der Waals surface area contributed by atoms with Gasteiger partial charge in [-0.2, -0.15) is 0 Å². The van der Waals surface area contributed by atoms with Crippen LogP contribution in [0, 0.1) is 18.8 Å². The average molecular weight is 554 g/mol. The first-order chi connectivity index (χ1) is 18.4. The Bertz CT molecular complexity index is 1300. The molecule has 2 unspecified atom stereocenters. The van der Waals surface area contributed by atoms with Gasteiger partial charge < -0.3 is 14.7 Å². The van der Waals surface area contributed by atoms with Crippen molar-refractivity contribution in [2.45, 2.75) is 33.4 Å². The molecule has 2 aliphatic rings. The molecule has 0 spiro atoms. The van der Waals surface area contributed by atoms with Crippen LogP contribution in [0.3, 0.4) is 0 Å². The van der Waals surface area contributed by atoms with Crippen molar-refractivity contribution in [3.8, 4) is 17.0 Å². The predicted octanol–water partition coefficient (Wildman–Crippen LogP) is 4.81. The molecule has 0 radical (unpaired) electrons. The van der Waals surface area contributed by atoms with Gasteiger partial charge in [-0.15, -0.1) is 11.3 Å². The van der Waals surface area contributed by atoms with Gasteiger partial charge in [0.1, 0.15) is 12.4 Å². The van der Waals surface area contributed by atoms with Crippen molar-refractivity contribution in [2.75, 3.05) is 42.6 Å². The largest absolute Gasteiger partial charge is 0.488 e. The van der Waals surface area contributed by atoms with E-state index in [-0.39, 0.29) is 11.8 Å². The minimum absolute atomic E-state index is 0.0873. The predicted molar refractivity (Wildman–Crippen MR) is 153 cm³/mol.